The fraction of sp³-hybridized carbons (Fsp3) is 0.438. The summed E-state index contributed by atoms with van der Waals surface area (Å²) in [6.07, 6.45) is 1.11. The van der Waals surface area contributed by atoms with E-state index in [1.54, 1.807) is 17.0 Å². The fourth-order valence-electron chi connectivity index (χ4n) is 2.65. The Hall–Kier alpha value is -1.97. The number of benzene rings is 1. The zero-order valence-electron chi connectivity index (χ0n) is 13.1. The van der Waals surface area contributed by atoms with Gasteiger partial charge in [0.25, 0.3) is 5.91 Å². The second-order valence-corrected chi connectivity index (χ2v) is 6.22. The van der Waals surface area contributed by atoms with E-state index >= 15 is 0 Å². The molecule has 0 saturated carbocycles. The van der Waals surface area contributed by atoms with Crippen LogP contribution in [0.2, 0.25) is 10.0 Å². The molecule has 2 amide bonds. The lowest BCUT2D eigenvalue weighted by atomic mass is 10.0. The van der Waals surface area contributed by atoms with Crippen LogP contribution in [-0.2, 0) is 4.79 Å². The molecule has 0 aliphatic carbocycles. The topological polar surface area (TPSA) is 82.4 Å². The first-order chi connectivity index (χ1) is 11.5. The normalized spacial score (nSPS) is 14.8. The Bertz CT molecular complexity index is 680. The van der Waals surface area contributed by atoms with Crippen molar-refractivity contribution in [3.63, 3.8) is 0 Å². The van der Waals surface area contributed by atoms with Crippen molar-refractivity contribution in [2.75, 3.05) is 20.2 Å². The molecular formula is C16H17Cl2N3O3. The minimum atomic E-state index is -0.360. The van der Waals surface area contributed by atoms with Gasteiger partial charge >= 0.3 is 0 Å². The van der Waals surface area contributed by atoms with Crippen LogP contribution in [0.1, 0.15) is 29.6 Å². The SMILES string of the molecule is COc1c(Cl)ccc(Cl)c1C(=O)NC1CCN(C(=O)CC#N)CC1. The Kier molecular flexibility index (Phi) is 6.29. The summed E-state index contributed by atoms with van der Waals surface area (Å²) in [6, 6.07) is 4.89. The molecular weight excluding hydrogens is 353 g/mol. The zero-order valence-corrected chi connectivity index (χ0v) is 14.7. The average molecular weight is 370 g/mol. The molecule has 8 heteroatoms. The fourth-order valence-corrected chi connectivity index (χ4v) is 3.12. The molecule has 0 bridgehead atoms. The number of likely N-dealkylation sites (tertiary alicyclic amines) is 1. The number of methoxy groups -OCH3 is 1. The summed E-state index contributed by atoms with van der Waals surface area (Å²) in [4.78, 5) is 25.8. The van der Waals surface area contributed by atoms with Crippen molar-refractivity contribution >= 4 is 35.0 Å². The number of hydrogen-bond acceptors (Lipinski definition) is 4. The quantitative estimate of drug-likeness (QED) is 0.883. The second kappa shape index (κ2) is 8.22. The minimum Gasteiger partial charge on any atom is -0.494 e. The average Bonchev–Trinajstić information content (AvgIpc) is 2.57. The summed E-state index contributed by atoms with van der Waals surface area (Å²) in [5.74, 6) is -0.300. The highest BCUT2D eigenvalue weighted by atomic mass is 35.5. The van der Waals surface area contributed by atoms with Crippen LogP contribution in [0.5, 0.6) is 5.75 Å². The highest BCUT2D eigenvalue weighted by molar-refractivity contribution is 6.37. The number of carbonyl (C=O) groups excluding carboxylic acids is 2. The molecule has 1 aromatic carbocycles. The molecule has 6 nitrogen and oxygen atoms in total. The highest BCUT2D eigenvalue weighted by Crippen LogP contribution is 2.33. The van der Waals surface area contributed by atoms with E-state index in [4.69, 9.17) is 33.2 Å². The largest absolute Gasteiger partial charge is 0.494 e. The molecule has 1 aliphatic heterocycles. The number of nitriles is 1. The molecule has 128 valence electrons. The van der Waals surface area contributed by atoms with E-state index in [1.165, 1.54) is 7.11 Å². The van der Waals surface area contributed by atoms with Crippen LogP contribution in [0.4, 0.5) is 0 Å². The summed E-state index contributed by atoms with van der Waals surface area (Å²) in [5, 5.41) is 12.0. The molecule has 1 N–H and O–H groups in total. The van der Waals surface area contributed by atoms with Gasteiger partial charge in [-0.15, -0.1) is 0 Å². The maximum Gasteiger partial charge on any atom is 0.256 e. The molecule has 1 heterocycles. The lowest BCUT2D eigenvalue weighted by Gasteiger charge is -2.32. The van der Waals surface area contributed by atoms with Crippen molar-refractivity contribution < 1.29 is 14.3 Å². The molecule has 1 fully saturated rings. The van der Waals surface area contributed by atoms with Gasteiger partial charge < -0.3 is 15.0 Å². The smallest absolute Gasteiger partial charge is 0.256 e. The monoisotopic (exact) mass is 369 g/mol. The van der Waals surface area contributed by atoms with Gasteiger partial charge in [-0.25, -0.2) is 0 Å². The van der Waals surface area contributed by atoms with Crippen LogP contribution in [0.25, 0.3) is 0 Å². The molecule has 1 aromatic rings. The molecule has 0 atom stereocenters. The third kappa shape index (κ3) is 4.11. The Labute approximate surface area is 150 Å². The van der Waals surface area contributed by atoms with Crippen molar-refractivity contribution in [3.8, 4) is 11.8 Å². The predicted molar refractivity (Wildman–Crippen MR) is 90.3 cm³/mol. The van der Waals surface area contributed by atoms with Gasteiger partial charge in [-0.3, -0.25) is 9.59 Å². The van der Waals surface area contributed by atoms with Crippen molar-refractivity contribution in [1.29, 1.82) is 5.26 Å². The number of rotatable bonds is 4. The van der Waals surface area contributed by atoms with Gasteiger partial charge in [0.15, 0.2) is 5.75 Å². The van der Waals surface area contributed by atoms with E-state index in [-0.39, 0.29) is 40.6 Å². The molecule has 0 unspecified atom stereocenters. The number of hydrogen-bond donors (Lipinski definition) is 1. The number of ether oxygens (including phenoxy) is 1. The van der Waals surface area contributed by atoms with Gasteiger partial charge in [-0.1, -0.05) is 23.2 Å². The lowest BCUT2D eigenvalue weighted by molar-refractivity contribution is -0.131. The third-order valence-electron chi connectivity index (χ3n) is 3.90. The Balaban J connectivity index is 2.01. The molecule has 0 spiro atoms. The first kappa shape index (κ1) is 18.4. The summed E-state index contributed by atoms with van der Waals surface area (Å²) < 4.78 is 5.18. The number of piperidine rings is 1. The van der Waals surface area contributed by atoms with E-state index in [0.29, 0.717) is 31.0 Å². The van der Waals surface area contributed by atoms with Gasteiger partial charge in [0, 0.05) is 19.1 Å². The first-order valence-corrected chi connectivity index (χ1v) is 8.21. The van der Waals surface area contributed by atoms with Crippen LogP contribution in [0.3, 0.4) is 0 Å². The van der Waals surface area contributed by atoms with Crippen LogP contribution < -0.4 is 10.1 Å². The van der Waals surface area contributed by atoms with E-state index in [9.17, 15) is 9.59 Å². The van der Waals surface area contributed by atoms with Gasteiger partial charge in [0.05, 0.1) is 23.2 Å². The van der Waals surface area contributed by atoms with Crippen molar-refractivity contribution in [3.05, 3.63) is 27.7 Å². The van der Waals surface area contributed by atoms with E-state index in [1.807, 2.05) is 6.07 Å². The van der Waals surface area contributed by atoms with Crippen LogP contribution in [0.15, 0.2) is 12.1 Å². The van der Waals surface area contributed by atoms with Crippen LogP contribution >= 0.6 is 23.2 Å². The van der Waals surface area contributed by atoms with Gasteiger partial charge in [-0.05, 0) is 25.0 Å². The summed E-state index contributed by atoms with van der Waals surface area (Å²) >= 11 is 12.1. The van der Waals surface area contributed by atoms with Crippen molar-refractivity contribution in [1.82, 2.24) is 10.2 Å². The van der Waals surface area contributed by atoms with Crippen LogP contribution in [-0.4, -0.2) is 43.0 Å². The van der Waals surface area contributed by atoms with Gasteiger partial charge in [0.1, 0.15) is 12.0 Å². The molecule has 0 radical (unpaired) electrons. The summed E-state index contributed by atoms with van der Waals surface area (Å²) in [7, 11) is 1.42. The number of nitrogens with one attached hydrogen (secondary N) is 1. The lowest BCUT2D eigenvalue weighted by Crippen LogP contribution is -2.46. The number of carbonyl (C=O) groups is 2. The van der Waals surface area contributed by atoms with Crippen molar-refractivity contribution in [2.45, 2.75) is 25.3 Å². The first-order valence-electron chi connectivity index (χ1n) is 7.45. The predicted octanol–water partition coefficient (Wildman–Crippen LogP) is 2.64. The minimum absolute atomic E-state index is 0.0802. The molecule has 2 rings (SSSR count). The second-order valence-electron chi connectivity index (χ2n) is 5.40. The maximum atomic E-state index is 12.5. The molecule has 1 saturated heterocycles. The maximum absolute atomic E-state index is 12.5. The van der Waals surface area contributed by atoms with E-state index in [0.717, 1.165) is 0 Å². The highest BCUT2D eigenvalue weighted by Gasteiger charge is 2.26. The van der Waals surface area contributed by atoms with E-state index in [2.05, 4.69) is 5.32 Å². The molecule has 24 heavy (non-hydrogen) atoms. The summed E-state index contributed by atoms with van der Waals surface area (Å²) in [5.41, 5.74) is 0.203. The number of halogens is 2. The molecule has 0 aromatic heterocycles. The third-order valence-corrected chi connectivity index (χ3v) is 4.52. The Morgan fingerprint density at radius 1 is 1.33 bits per heavy atom. The van der Waals surface area contributed by atoms with Gasteiger partial charge in [-0.2, -0.15) is 5.26 Å². The molecule has 1 aliphatic rings. The van der Waals surface area contributed by atoms with Crippen LogP contribution in [0, 0.1) is 11.3 Å². The van der Waals surface area contributed by atoms with Crippen molar-refractivity contribution in [2.24, 2.45) is 0 Å². The Morgan fingerprint density at radius 3 is 2.54 bits per heavy atom. The number of nitrogens with zero attached hydrogens (tertiary/aromatic N) is 2. The zero-order chi connectivity index (χ0) is 17.7. The summed E-state index contributed by atoms with van der Waals surface area (Å²) in [6.45, 7) is 1.01. The standard InChI is InChI=1S/C16H17Cl2N3O3/c1-24-15-12(18)3-2-11(17)14(15)16(23)20-10-5-8-21(9-6-10)13(22)4-7-19/h2-3,10H,4-6,8-9H2,1H3,(H,20,23). The van der Waals surface area contributed by atoms with E-state index < -0.39 is 0 Å². The van der Waals surface area contributed by atoms with Gasteiger partial charge in [0.2, 0.25) is 5.91 Å². The Morgan fingerprint density at radius 2 is 1.96 bits per heavy atom. The number of amides is 2.